The van der Waals surface area contributed by atoms with Gasteiger partial charge in [-0.2, -0.15) is 0 Å². The van der Waals surface area contributed by atoms with Crippen LogP contribution >= 0.6 is 0 Å². The molecule has 0 bridgehead atoms. The Morgan fingerprint density at radius 3 is 2.56 bits per heavy atom. The fraction of sp³-hybridized carbons (Fsp3) is 0.250. The van der Waals surface area contributed by atoms with Crippen LogP contribution in [-0.2, 0) is 0 Å². The van der Waals surface area contributed by atoms with Crippen LogP contribution in [0, 0.1) is 0 Å². The molecule has 3 N–H and O–H groups in total. The van der Waals surface area contributed by atoms with Gasteiger partial charge in [0.1, 0.15) is 17.1 Å². The first-order valence-electron chi connectivity index (χ1n) is 5.10. The lowest BCUT2D eigenvalue weighted by molar-refractivity contribution is 0.318. The highest BCUT2D eigenvalue weighted by molar-refractivity contribution is 5.85. The van der Waals surface area contributed by atoms with E-state index in [1.54, 1.807) is 26.1 Å². The Bertz CT molecular complexity index is 458. The molecule has 0 aliphatic carbocycles. The number of para-hydroxylation sites is 1. The number of hydrogen-bond acceptors (Lipinski definition) is 4. The number of nitrogens with zero attached hydrogens (tertiary/aromatic N) is 1. The number of phenols is 1. The van der Waals surface area contributed by atoms with E-state index in [9.17, 15) is 5.11 Å². The number of benzene rings is 1. The first-order valence-corrected chi connectivity index (χ1v) is 5.10. The third kappa shape index (κ3) is 2.84. The van der Waals surface area contributed by atoms with Crippen molar-refractivity contribution in [1.29, 1.82) is 0 Å². The maximum atomic E-state index is 9.50. The van der Waals surface area contributed by atoms with Crippen molar-refractivity contribution >= 4 is 16.7 Å². The Labute approximate surface area is 94.6 Å². The maximum absolute atomic E-state index is 9.50. The lowest BCUT2D eigenvalue weighted by Gasteiger charge is -2.02. The zero-order valence-corrected chi connectivity index (χ0v) is 9.44. The number of phenolic OH excluding ortho intramolecular Hbond substituents is 1. The monoisotopic (exact) mass is 220 g/mol. The molecule has 0 aliphatic heterocycles. The number of rotatable bonds is 1. The van der Waals surface area contributed by atoms with Crippen molar-refractivity contribution in [2.45, 2.75) is 6.92 Å². The largest absolute Gasteiger partial charge is 0.506 e. The molecule has 1 aromatic carbocycles. The molecule has 0 saturated carbocycles. The average Bonchev–Trinajstić information content (AvgIpc) is 2.30. The molecule has 2 rings (SSSR count). The van der Waals surface area contributed by atoms with E-state index in [-0.39, 0.29) is 12.4 Å². The highest BCUT2D eigenvalue weighted by atomic mass is 16.3. The van der Waals surface area contributed by atoms with E-state index in [1.807, 2.05) is 18.2 Å². The molecule has 0 amide bonds. The summed E-state index contributed by atoms with van der Waals surface area (Å²) in [5.74, 6) is 0.976. The third-order valence-corrected chi connectivity index (χ3v) is 1.96. The smallest absolute Gasteiger partial charge is 0.141 e. The molecule has 4 heteroatoms. The number of aliphatic hydroxyl groups excluding tert-OH is 1. The quantitative estimate of drug-likeness (QED) is 0.687. The highest BCUT2D eigenvalue weighted by Gasteiger charge is 2.00. The van der Waals surface area contributed by atoms with Gasteiger partial charge in [-0.3, -0.25) is 0 Å². The maximum Gasteiger partial charge on any atom is 0.141 e. The van der Waals surface area contributed by atoms with Crippen molar-refractivity contribution in [3.8, 4) is 5.75 Å². The van der Waals surface area contributed by atoms with Gasteiger partial charge >= 0.3 is 0 Å². The predicted octanol–water partition coefficient (Wildman–Crippen LogP) is 1.98. The minimum atomic E-state index is 0.217. The number of pyridine rings is 1. The van der Waals surface area contributed by atoms with Crippen molar-refractivity contribution in [2.75, 3.05) is 19.0 Å². The van der Waals surface area contributed by atoms with Crippen molar-refractivity contribution in [3.05, 3.63) is 30.3 Å². The van der Waals surface area contributed by atoms with E-state index in [0.717, 1.165) is 11.2 Å². The first-order chi connectivity index (χ1) is 7.72. The minimum absolute atomic E-state index is 0.217. The summed E-state index contributed by atoms with van der Waals surface area (Å²) >= 11 is 0. The lowest BCUT2D eigenvalue weighted by atomic mass is 10.2. The van der Waals surface area contributed by atoms with E-state index in [4.69, 9.17) is 5.11 Å². The fourth-order valence-electron chi connectivity index (χ4n) is 1.27. The molecule has 86 valence electrons. The molecule has 1 heterocycles. The molecule has 2 aromatic rings. The molecule has 0 spiro atoms. The second-order valence-electron chi connectivity index (χ2n) is 3.11. The number of fused-ring (bicyclic) bond motifs is 1. The summed E-state index contributed by atoms with van der Waals surface area (Å²) in [6, 6.07) is 9.16. The van der Waals surface area contributed by atoms with Crippen molar-refractivity contribution in [2.24, 2.45) is 0 Å². The van der Waals surface area contributed by atoms with Crippen LogP contribution in [0.1, 0.15) is 6.92 Å². The first kappa shape index (κ1) is 12.3. The van der Waals surface area contributed by atoms with Gasteiger partial charge in [0.15, 0.2) is 0 Å². The zero-order valence-electron chi connectivity index (χ0n) is 9.44. The SMILES string of the molecule is CCO.CNc1ccc2cccc(O)c2n1. The van der Waals surface area contributed by atoms with E-state index >= 15 is 0 Å². The number of aliphatic hydroxyl groups is 1. The summed E-state index contributed by atoms with van der Waals surface area (Å²) in [5.41, 5.74) is 0.634. The molecule has 0 saturated heterocycles. The fourth-order valence-corrected chi connectivity index (χ4v) is 1.27. The van der Waals surface area contributed by atoms with Crippen LogP contribution in [0.4, 0.5) is 5.82 Å². The van der Waals surface area contributed by atoms with Crippen LogP contribution in [0.15, 0.2) is 30.3 Å². The summed E-state index contributed by atoms with van der Waals surface area (Å²) < 4.78 is 0. The Hall–Kier alpha value is -1.81. The summed E-state index contributed by atoms with van der Waals surface area (Å²) in [7, 11) is 1.80. The molecule has 0 fully saturated rings. The Morgan fingerprint density at radius 1 is 1.25 bits per heavy atom. The van der Waals surface area contributed by atoms with Crippen LogP contribution in [0.2, 0.25) is 0 Å². The van der Waals surface area contributed by atoms with Crippen LogP contribution < -0.4 is 5.32 Å². The van der Waals surface area contributed by atoms with Crippen LogP contribution in [0.3, 0.4) is 0 Å². The van der Waals surface area contributed by atoms with Gasteiger partial charge < -0.3 is 15.5 Å². The van der Waals surface area contributed by atoms with E-state index in [2.05, 4.69) is 10.3 Å². The molecule has 0 aliphatic rings. The van der Waals surface area contributed by atoms with Crippen molar-refractivity contribution < 1.29 is 10.2 Å². The van der Waals surface area contributed by atoms with Crippen molar-refractivity contribution in [3.63, 3.8) is 0 Å². The van der Waals surface area contributed by atoms with E-state index < -0.39 is 0 Å². The minimum Gasteiger partial charge on any atom is -0.506 e. The number of nitrogens with one attached hydrogen (secondary N) is 1. The lowest BCUT2D eigenvalue weighted by Crippen LogP contribution is -1.91. The number of aromatic nitrogens is 1. The molecule has 16 heavy (non-hydrogen) atoms. The second-order valence-corrected chi connectivity index (χ2v) is 3.11. The van der Waals surface area contributed by atoms with Gasteiger partial charge in [-0.25, -0.2) is 4.98 Å². The predicted molar refractivity (Wildman–Crippen MR) is 65.7 cm³/mol. The van der Waals surface area contributed by atoms with E-state index in [0.29, 0.717) is 5.52 Å². The molecule has 0 radical (unpaired) electrons. The number of aromatic hydroxyl groups is 1. The van der Waals surface area contributed by atoms with Crippen LogP contribution in [-0.4, -0.2) is 28.9 Å². The molecular weight excluding hydrogens is 204 g/mol. The summed E-state index contributed by atoms with van der Waals surface area (Å²) in [6.45, 7) is 1.93. The zero-order chi connectivity index (χ0) is 12.0. The third-order valence-electron chi connectivity index (χ3n) is 1.96. The van der Waals surface area contributed by atoms with Crippen LogP contribution in [0.5, 0.6) is 5.75 Å². The summed E-state index contributed by atoms with van der Waals surface area (Å²) in [4.78, 5) is 4.23. The summed E-state index contributed by atoms with van der Waals surface area (Å²) in [6.07, 6.45) is 0. The van der Waals surface area contributed by atoms with Gasteiger partial charge in [0.2, 0.25) is 0 Å². The van der Waals surface area contributed by atoms with Gasteiger partial charge in [-0.15, -0.1) is 0 Å². The van der Waals surface area contributed by atoms with Gasteiger partial charge in [-0.1, -0.05) is 12.1 Å². The molecule has 4 nitrogen and oxygen atoms in total. The van der Waals surface area contributed by atoms with Gasteiger partial charge in [0.25, 0.3) is 0 Å². The summed E-state index contributed by atoms with van der Waals surface area (Å²) in [5, 5.41) is 20.9. The second kappa shape index (κ2) is 5.92. The number of hydrogen-bond donors (Lipinski definition) is 3. The Balaban J connectivity index is 0.000000386. The molecule has 0 atom stereocenters. The Morgan fingerprint density at radius 2 is 1.94 bits per heavy atom. The Kier molecular flexibility index (Phi) is 4.54. The van der Waals surface area contributed by atoms with Gasteiger partial charge in [0.05, 0.1) is 0 Å². The van der Waals surface area contributed by atoms with Crippen LogP contribution in [0.25, 0.3) is 10.9 Å². The van der Waals surface area contributed by atoms with Gasteiger partial charge in [0, 0.05) is 19.0 Å². The topological polar surface area (TPSA) is 65.4 Å². The average molecular weight is 220 g/mol. The highest BCUT2D eigenvalue weighted by Crippen LogP contribution is 2.23. The normalized spacial score (nSPS) is 9.44. The number of anilines is 1. The van der Waals surface area contributed by atoms with Gasteiger partial charge in [-0.05, 0) is 25.1 Å². The van der Waals surface area contributed by atoms with E-state index in [1.165, 1.54) is 0 Å². The molecule has 0 unspecified atom stereocenters. The molecule has 1 aromatic heterocycles. The van der Waals surface area contributed by atoms with Crippen molar-refractivity contribution in [1.82, 2.24) is 4.98 Å². The molecular formula is C12H16N2O2. The standard InChI is InChI=1S/C10H10N2O.C2H6O/c1-11-9-6-5-7-3-2-4-8(13)10(7)12-9;1-2-3/h2-6,13H,1H3,(H,11,12);3H,2H2,1H3.